The van der Waals surface area contributed by atoms with Crippen molar-refractivity contribution in [2.75, 3.05) is 0 Å². The number of aliphatic hydroxyl groups excluding tert-OH is 1. The van der Waals surface area contributed by atoms with Crippen molar-refractivity contribution in [2.45, 2.75) is 94.6 Å². The molecule has 0 bridgehead atoms. The second kappa shape index (κ2) is 18.8. The maximum absolute atomic E-state index is 12.2. The molecule has 0 amide bonds. The maximum Gasteiger partial charge on any atom is 0.187 e. The summed E-state index contributed by atoms with van der Waals surface area (Å²) in [6.45, 7) is 20.8. The molecule has 0 aromatic heterocycles. The van der Waals surface area contributed by atoms with Crippen LogP contribution in [0.4, 0.5) is 0 Å². The van der Waals surface area contributed by atoms with E-state index in [4.69, 9.17) is 0 Å². The third-order valence-electron chi connectivity index (χ3n) is 7.12. The van der Waals surface area contributed by atoms with E-state index < -0.39 is 6.10 Å². The van der Waals surface area contributed by atoms with Crippen molar-refractivity contribution in [3.05, 3.63) is 142 Å². The van der Waals surface area contributed by atoms with Crippen molar-refractivity contribution in [2.24, 2.45) is 5.41 Å². The fourth-order valence-corrected chi connectivity index (χ4v) is 4.52. The molecule has 0 aromatic carbocycles. The lowest BCUT2D eigenvalue weighted by molar-refractivity contribution is -0.125. The predicted molar refractivity (Wildman–Crippen MR) is 185 cm³/mol. The van der Waals surface area contributed by atoms with Gasteiger partial charge in [-0.15, -0.1) is 0 Å². The molecule has 0 fully saturated rings. The Labute approximate surface area is 257 Å². The van der Waals surface area contributed by atoms with E-state index in [1.807, 2.05) is 32.1 Å². The van der Waals surface area contributed by atoms with E-state index in [0.29, 0.717) is 12.0 Å². The molecule has 1 N–H and O–H groups in total. The van der Waals surface area contributed by atoms with Crippen LogP contribution >= 0.6 is 0 Å². The maximum atomic E-state index is 12.2. The number of aliphatic hydroxyl groups is 1. The molecule has 1 atom stereocenters. The monoisotopic (exact) mass is 566 g/mol. The smallest absolute Gasteiger partial charge is 0.187 e. The van der Waals surface area contributed by atoms with Crippen molar-refractivity contribution in [1.29, 1.82) is 0 Å². The molecular formula is C40H54O2. The minimum Gasteiger partial charge on any atom is -0.385 e. The van der Waals surface area contributed by atoms with Crippen LogP contribution in [0.2, 0.25) is 0 Å². The number of hydrogen-bond acceptors (Lipinski definition) is 2. The second-order valence-electron chi connectivity index (χ2n) is 12.3. The lowest BCUT2D eigenvalue weighted by Crippen LogP contribution is -2.35. The number of allylic oxidation sites excluding steroid dienone is 23. The molecule has 0 spiro atoms. The van der Waals surface area contributed by atoms with Crippen molar-refractivity contribution in [3.8, 4) is 0 Å². The van der Waals surface area contributed by atoms with Gasteiger partial charge in [0.05, 0.1) is 0 Å². The van der Waals surface area contributed by atoms with Crippen LogP contribution in [0.5, 0.6) is 0 Å². The van der Waals surface area contributed by atoms with Gasteiger partial charge < -0.3 is 5.11 Å². The molecule has 2 heteroatoms. The van der Waals surface area contributed by atoms with E-state index in [1.165, 1.54) is 22.3 Å². The van der Waals surface area contributed by atoms with Crippen LogP contribution in [0.1, 0.15) is 88.5 Å². The fraction of sp³-hybridized carbons (Fsp3) is 0.375. The molecule has 0 saturated carbocycles. The lowest BCUT2D eigenvalue weighted by atomic mass is 9.71. The normalized spacial score (nSPS) is 20.0. The standard InChI is InChI=1S/C40H54O2/c1-30(2)17-13-20-33(5)23-15-25-34(6)24-14-21-31(3)18-11-12-19-32(4)22-16-26-35(7)27-28-37-36(8)39(42)38(41)29-40(37,9)10/h11-12,14-19,21-28,38,41H,13,20,29H2,1-10H3/b12-11+,21-14+,22-16+,25-15+,28-27+,31-18+,32-19+,33-23-,34-24+,35-26+. The molecule has 0 aliphatic heterocycles. The number of Topliss-reactive ketones (excluding diaryl/α,β-unsaturated/α-hetero) is 1. The van der Waals surface area contributed by atoms with Crippen LogP contribution < -0.4 is 0 Å². The summed E-state index contributed by atoms with van der Waals surface area (Å²) < 4.78 is 0. The van der Waals surface area contributed by atoms with Crippen LogP contribution in [0.25, 0.3) is 0 Å². The minimum atomic E-state index is -0.893. The average molecular weight is 567 g/mol. The number of hydrogen-bond donors (Lipinski definition) is 1. The zero-order valence-electron chi connectivity index (χ0n) is 27.8. The van der Waals surface area contributed by atoms with E-state index in [9.17, 15) is 9.90 Å². The Morgan fingerprint density at radius 1 is 0.738 bits per heavy atom. The highest BCUT2D eigenvalue weighted by atomic mass is 16.3. The SMILES string of the molecule is CC(C)=CCC\C(C)=C/C=C/C(C)=C/C=C/C(C)=C/C=C/C=C(C)/C=C/C=C(C)/C=C/C1=C(C)C(=O)C(O)CC1(C)C. The molecule has 1 unspecified atom stereocenters. The summed E-state index contributed by atoms with van der Waals surface area (Å²) in [6, 6.07) is 0. The first-order valence-electron chi connectivity index (χ1n) is 15.0. The summed E-state index contributed by atoms with van der Waals surface area (Å²) in [7, 11) is 0. The Hall–Kier alpha value is -3.49. The first-order chi connectivity index (χ1) is 19.7. The molecule has 2 nitrogen and oxygen atoms in total. The largest absolute Gasteiger partial charge is 0.385 e. The number of ketones is 1. The van der Waals surface area contributed by atoms with Gasteiger partial charge >= 0.3 is 0 Å². The molecule has 0 heterocycles. The van der Waals surface area contributed by atoms with E-state index in [1.54, 1.807) is 0 Å². The van der Waals surface area contributed by atoms with Crippen molar-refractivity contribution < 1.29 is 9.90 Å². The molecule has 226 valence electrons. The first kappa shape index (κ1) is 36.5. The predicted octanol–water partition coefficient (Wildman–Crippen LogP) is 10.9. The highest BCUT2D eigenvalue weighted by molar-refractivity contribution is 6.00. The van der Waals surface area contributed by atoms with Gasteiger partial charge in [0.15, 0.2) is 5.78 Å². The van der Waals surface area contributed by atoms with Crippen LogP contribution in [0.15, 0.2) is 142 Å². The second-order valence-corrected chi connectivity index (χ2v) is 12.3. The van der Waals surface area contributed by atoms with Gasteiger partial charge in [0.2, 0.25) is 0 Å². The van der Waals surface area contributed by atoms with Gasteiger partial charge in [-0.2, -0.15) is 0 Å². The lowest BCUT2D eigenvalue weighted by Gasteiger charge is -2.34. The molecule has 1 aliphatic rings. The minimum absolute atomic E-state index is 0.162. The fourth-order valence-electron chi connectivity index (χ4n) is 4.52. The van der Waals surface area contributed by atoms with Crippen LogP contribution in [0.3, 0.4) is 0 Å². The molecule has 0 radical (unpaired) electrons. The van der Waals surface area contributed by atoms with Gasteiger partial charge in [-0.1, -0.05) is 145 Å². The van der Waals surface area contributed by atoms with Gasteiger partial charge in [0.25, 0.3) is 0 Å². The number of carbonyl (C=O) groups excluding carboxylic acids is 1. The molecule has 0 aromatic rings. The quantitative estimate of drug-likeness (QED) is 0.178. The zero-order valence-corrected chi connectivity index (χ0v) is 27.8. The third kappa shape index (κ3) is 14.9. The summed E-state index contributed by atoms with van der Waals surface area (Å²) in [5.41, 5.74) is 8.85. The topological polar surface area (TPSA) is 37.3 Å². The summed E-state index contributed by atoms with van der Waals surface area (Å²) in [4.78, 5) is 12.2. The Bertz CT molecular complexity index is 1300. The van der Waals surface area contributed by atoms with Gasteiger partial charge in [0, 0.05) is 0 Å². The molecule has 1 rings (SSSR count). The van der Waals surface area contributed by atoms with Crippen LogP contribution in [-0.2, 0) is 4.79 Å². The molecular weight excluding hydrogens is 512 g/mol. The highest BCUT2D eigenvalue weighted by Gasteiger charge is 2.36. The molecule has 42 heavy (non-hydrogen) atoms. The summed E-state index contributed by atoms with van der Waals surface area (Å²) in [6.07, 6.45) is 35.4. The highest BCUT2D eigenvalue weighted by Crippen LogP contribution is 2.39. The summed E-state index contributed by atoms with van der Waals surface area (Å²) in [5.74, 6) is -0.162. The third-order valence-corrected chi connectivity index (χ3v) is 7.12. The van der Waals surface area contributed by atoms with Gasteiger partial charge in [-0.25, -0.2) is 0 Å². The Morgan fingerprint density at radius 2 is 1.19 bits per heavy atom. The Balaban J connectivity index is 2.64. The Morgan fingerprint density at radius 3 is 1.69 bits per heavy atom. The van der Waals surface area contributed by atoms with Gasteiger partial charge in [-0.3, -0.25) is 4.79 Å². The number of rotatable bonds is 13. The van der Waals surface area contributed by atoms with E-state index in [-0.39, 0.29) is 11.2 Å². The summed E-state index contributed by atoms with van der Waals surface area (Å²) >= 11 is 0. The first-order valence-corrected chi connectivity index (χ1v) is 15.0. The molecule has 0 saturated heterocycles. The zero-order chi connectivity index (χ0) is 31.7. The Kier molecular flexibility index (Phi) is 16.4. The van der Waals surface area contributed by atoms with E-state index in [2.05, 4.69) is 134 Å². The van der Waals surface area contributed by atoms with Crippen molar-refractivity contribution >= 4 is 5.78 Å². The summed E-state index contributed by atoms with van der Waals surface area (Å²) in [5, 5.41) is 10.0. The van der Waals surface area contributed by atoms with Crippen molar-refractivity contribution in [3.63, 3.8) is 0 Å². The van der Waals surface area contributed by atoms with Gasteiger partial charge in [-0.05, 0) is 91.2 Å². The average Bonchev–Trinajstić information content (AvgIpc) is 2.89. The van der Waals surface area contributed by atoms with Crippen LogP contribution in [-0.4, -0.2) is 17.0 Å². The van der Waals surface area contributed by atoms with E-state index >= 15 is 0 Å². The van der Waals surface area contributed by atoms with Crippen LogP contribution in [0, 0.1) is 5.41 Å². The van der Waals surface area contributed by atoms with Gasteiger partial charge in [0.1, 0.15) is 6.10 Å². The molecule has 1 aliphatic carbocycles. The van der Waals surface area contributed by atoms with E-state index in [0.717, 1.165) is 29.6 Å². The number of carbonyl (C=O) groups is 1. The van der Waals surface area contributed by atoms with Crippen molar-refractivity contribution in [1.82, 2.24) is 0 Å².